The van der Waals surface area contributed by atoms with Gasteiger partial charge in [-0.1, -0.05) is 30.3 Å². The highest BCUT2D eigenvalue weighted by Gasteiger charge is 2.35. The van der Waals surface area contributed by atoms with Crippen molar-refractivity contribution in [3.8, 4) is 17.6 Å². The van der Waals surface area contributed by atoms with Gasteiger partial charge < -0.3 is 9.84 Å². The highest BCUT2D eigenvalue weighted by molar-refractivity contribution is 5.84. The smallest absolute Gasteiger partial charge is 0.328 e. The molecule has 0 aliphatic carbocycles. The number of rotatable bonds is 4. The van der Waals surface area contributed by atoms with Crippen molar-refractivity contribution in [3.05, 3.63) is 60.2 Å². The number of benzene rings is 2. The number of para-hydroxylation sites is 1. The number of nitrogens with zero attached hydrogens (tertiary/aromatic N) is 1. The molecule has 0 amide bonds. The molecule has 0 spiro atoms. The van der Waals surface area contributed by atoms with Gasteiger partial charge in [-0.3, -0.25) is 4.79 Å². The molecule has 1 atom stereocenters. The summed E-state index contributed by atoms with van der Waals surface area (Å²) < 4.78 is 5.61. The van der Waals surface area contributed by atoms with Gasteiger partial charge in [0.05, 0.1) is 6.07 Å². The first kappa shape index (κ1) is 13.6. The molecule has 0 saturated heterocycles. The standard InChI is InChI=1S/C16H13NO3/c1-16(11-17,15(18)19)12-7-9-14(10-8-12)20-13-5-3-2-4-6-13/h2-10H,1H3,(H,18,19). The normalized spacial score (nSPS) is 13.0. The summed E-state index contributed by atoms with van der Waals surface area (Å²) in [6, 6.07) is 17.6. The number of hydrogen-bond acceptors (Lipinski definition) is 3. The minimum Gasteiger partial charge on any atom is -0.480 e. The van der Waals surface area contributed by atoms with Gasteiger partial charge in [-0.05, 0) is 36.8 Å². The van der Waals surface area contributed by atoms with Crippen molar-refractivity contribution >= 4 is 5.97 Å². The average Bonchev–Trinajstić information content (AvgIpc) is 2.48. The maximum Gasteiger partial charge on any atom is 0.328 e. The van der Waals surface area contributed by atoms with E-state index in [9.17, 15) is 4.79 Å². The number of aliphatic carboxylic acids is 1. The largest absolute Gasteiger partial charge is 0.480 e. The van der Waals surface area contributed by atoms with Crippen LogP contribution in [0.5, 0.6) is 11.5 Å². The predicted octanol–water partition coefficient (Wildman–Crippen LogP) is 3.34. The van der Waals surface area contributed by atoms with Crippen LogP contribution in [-0.4, -0.2) is 11.1 Å². The summed E-state index contributed by atoms with van der Waals surface area (Å²) in [5.41, 5.74) is -1.13. The first-order valence-corrected chi connectivity index (χ1v) is 6.04. The number of hydrogen-bond donors (Lipinski definition) is 1. The van der Waals surface area contributed by atoms with Crippen LogP contribution in [0, 0.1) is 11.3 Å². The summed E-state index contributed by atoms with van der Waals surface area (Å²) in [6.07, 6.45) is 0. The van der Waals surface area contributed by atoms with Gasteiger partial charge >= 0.3 is 5.97 Å². The number of nitriles is 1. The molecular formula is C16H13NO3. The minimum atomic E-state index is -1.55. The Labute approximate surface area is 116 Å². The molecule has 0 fully saturated rings. The fourth-order valence-electron chi connectivity index (χ4n) is 1.72. The third-order valence-corrected chi connectivity index (χ3v) is 3.06. The summed E-state index contributed by atoms with van der Waals surface area (Å²) in [4.78, 5) is 11.2. The van der Waals surface area contributed by atoms with E-state index in [1.54, 1.807) is 24.3 Å². The Kier molecular flexibility index (Phi) is 3.72. The molecule has 4 nitrogen and oxygen atoms in total. The first-order chi connectivity index (χ1) is 9.56. The van der Waals surface area contributed by atoms with E-state index in [4.69, 9.17) is 15.1 Å². The quantitative estimate of drug-likeness (QED) is 0.922. The van der Waals surface area contributed by atoms with E-state index in [0.717, 1.165) is 0 Å². The molecule has 20 heavy (non-hydrogen) atoms. The Hall–Kier alpha value is -2.80. The fraction of sp³-hybridized carbons (Fsp3) is 0.125. The van der Waals surface area contributed by atoms with E-state index in [2.05, 4.69) is 0 Å². The number of ether oxygens (including phenoxy) is 1. The van der Waals surface area contributed by atoms with E-state index in [-0.39, 0.29) is 0 Å². The number of carboxylic acids is 1. The Morgan fingerprint density at radius 1 is 1.10 bits per heavy atom. The number of carboxylic acid groups (broad SMARTS) is 1. The van der Waals surface area contributed by atoms with Crippen molar-refractivity contribution in [2.45, 2.75) is 12.3 Å². The molecule has 0 bridgehead atoms. The molecule has 0 radical (unpaired) electrons. The van der Waals surface area contributed by atoms with E-state index in [1.165, 1.54) is 6.92 Å². The molecule has 0 saturated carbocycles. The SMILES string of the molecule is CC(C#N)(C(=O)O)c1ccc(Oc2ccccc2)cc1. The predicted molar refractivity (Wildman–Crippen MR) is 73.6 cm³/mol. The molecule has 2 aromatic carbocycles. The Bertz CT molecular complexity index is 644. The van der Waals surface area contributed by atoms with E-state index in [0.29, 0.717) is 17.1 Å². The van der Waals surface area contributed by atoms with Crippen molar-refractivity contribution in [2.24, 2.45) is 0 Å². The fourth-order valence-corrected chi connectivity index (χ4v) is 1.72. The van der Waals surface area contributed by atoms with Crippen LogP contribution in [0.15, 0.2) is 54.6 Å². The van der Waals surface area contributed by atoms with Crippen LogP contribution in [-0.2, 0) is 10.2 Å². The van der Waals surface area contributed by atoms with Crippen molar-refractivity contribution in [2.75, 3.05) is 0 Å². The third-order valence-electron chi connectivity index (χ3n) is 3.06. The van der Waals surface area contributed by atoms with Gasteiger partial charge in [0.1, 0.15) is 11.5 Å². The topological polar surface area (TPSA) is 70.3 Å². The molecule has 0 aliphatic rings. The molecule has 0 aromatic heterocycles. The molecule has 0 aliphatic heterocycles. The van der Waals surface area contributed by atoms with Crippen molar-refractivity contribution < 1.29 is 14.6 Å². The summed E-state index contributed by atoms with van der Waals surface area (Å²) in [6.45, 7) is 1.38. The second kappa shape index (κ2) is 5.45. The highest BCUT2D eigenvalue weighted by atomic mass is 16.5. The Balaban J connectivity index is 2.23. The van der Waals surface area contributed by atoms with Crippen LogP contribution in [0.4, 0.5) is 0 Å². The summed E-state index contributed by atoms with van der Waals surface area (Å²) in [5.74, 6) is 0.115. The lowest BCUT2D eigenvalue weighted by Gasteiger charge is -2.16. The van der Waals surface area contributed by atoms with Crippen LogP contribution in [0.3, 0.4) is 0 Å². The lowest BCUT2D eigenvalue weighted by atomic mass is 9.84. The molecule has 4 heteroatoms. The average molecular weight is 267 g/mol. The maximum absolute atomic E-state index is 11.2. The third kappa shape index (κ3) is 2.62. The van der Waals surface area contributed by atoms with Crippen LogP contribution in [0.25, 0.3) is 0 Å². The van der Waals surface area contributed by atoms with Gasteiger partial charge in [0, 0.05) is 0 Å². The second-order valence-electron chi connectivity index (χ2n) is 4.48. The number of carbonyl (C=O) groups is 1. The lowest BCUT2D eigenvalue weighted by molar-refractivity contribution is -0.141. The second-order valence-corrected chi connectivity index (χ2v) is 4.48. The summed E-state index contributed by atoms with van der Waals surface area (Å²) >= 11 is 0. The maximum atomic E-state index is 11.2. The zero-order valence-electron chi connectivity index (χ0n) is 10.9. The van der Waals surface area contributed by atoms with E-state index >= 15 is 0 Å². The van der Waals surface area contributed by atoms with Crippen LogP contribution in [0.2, 0.25) is 0 Å². The van der Waals surface area contributed by atoms with Crippen LogP contribution < -0.4 is 4.74 Å². The van der Waals surface area contributed by atoms with Gasteiger partial charge in [-0.15, -0.1) is 0 Å². The van der Waals surface area contributed by atoms with Crippen LogP contribution >= 0.6 is 0 Å². The van der Waals surface area contributed by atoms with Gasteiger partial charge in [-0.25, -0.2) is 0 Å². The molecule has 0 heterocycles. The van der Waals surface area contributed by atoms with Gasteiger partial charge in [-0.2, -0.15) is 5.26 Å². The molecule has 2 rings (SSSR count). The van der Waals surface area contributed by atoms with Crippen molar-refractivity contribution in [1.82, 2.24) is 0 Å². The summed E-state index contributed by atoms with van der Waals surface area (Å²) in [5, 5.41) is 18.2. The zero-order chi connectivity index (χ0) is 14.6. The Morgan fingerprint density at radius 3 is 2.15 bits per heavy atom. The van der Waals surface area contributed by atoms with E-state index in [1.807, 2.05) is 36.4 Å². The lowest BCUT2D eigenvalue weighted by Crippen LogP contribution is -2.30. The summed E-state index contributed by atoms with van der Waals surface area (Å²) in [7, 11) is 0. The van der Waals surface area contributed by atoms with Gasteiger partial charge in [0.25, 0.3) is 0 Å². The molecule has 100 valence electrons. The molecule has 2 aromatic rings. The van der Waals surface area contributed by atoms with Crippen molar-refractivity contribution in [3.63, 3.8) is 0 Å². The van der Waals surface area contributed by atoms with Gasteiger partial charge in [0.2, 0.25) is 0 Å². The minimum absolute atomic E-state index is 0.424. The first-order valence-electron chi connectivity index (χ1n) is 6.04. The van der Waals surface area contributed by atoms with E-state index < -0.39 is 11.4 Å². The Morgan fingerprint density at radius 2 is 1.65 bits per heavy atom. The molecular weight excluding hydrogens is 254 g/mol. The molecule has 1 N–H and O–H groups in total. The zero-order valence-corrected chi connectivity index (χ0v) is 10.9. The van der Waals surface area contributed by atoms with Crippen molar-refractivity contribution in [1.29, 1.82) is 5.26 Å². The highest BCUT2D eigenvalue weighted by Crippen LogP contribution is 2.27. The van der Waals surface area contributed by atoms with Gasteiger partial charge in [0.15, 0.2) is 5.41 Å². The monoisotopic (exact) mass is 267 g/mol. The van der Waals surface area contributed by atoms with Crippen LogP contribution in [0.1, 0.15) is 12.5 Å². The molecule has 1 unspecified atom stereocenters.